The van der Waals surface area contributed by atoms with E-state index in [1.807, 2.05) is 4.72 Å². The van der Waals surface area contributed by atoms with Crippen molar-refractivity contribution < 1.29 is 34.9 Å². The Hall–Kier alpha value is -2.98. The lowest BCUT2D eigenvalue weighted by molar-refractivity contribution is 0.101. The summed E-state index contributed by atoms with van der Waals surface area (Å²) in [5.74, 6) is -2.54. The highest BCUT2D eigenvalue weighted by Gasteiger charge is 2.27. The maximum Gasteiger partial charge on any atom is 0.267 e. The van der Waals surface area contributed by atoms with Gasteiger partial charge in [0, 0.05) is 23.5 Å². The average Bonchev–Trinajstić information content (AvgIpc) is 3.39. The Morgan fingerprint density at radius 2 is 2.03 bits per heavy atom. The van der Waals surface area contributed by atoms with Crippen LogP contribution in [0.15, 0.2) is 33.0 Å². The van der Waals surface area contributed by atoms with Gasteiger partial charge in [-0.05, 0) is 63.0 Å². The van der Waals surface area contributed by atoms with Crippen LogP contribution in [0.25, 0.3) is 0 Å². The molecule has 0 radical (unpaired) electrons. The molecule has 0 aliphatic heterocycles. The van der Waals surface area contributed by atoms with Crippen LogP contribution >= 0.6 is 11.3 Å². The average molecular weight is 457 g/mol. The number of hydrogen-bond acceptors (Lipinski definition) is 7. The van der Waals surface area contributed by atoms with E-state index in [0.29, 0.717) is 11.3 Å². The van der Waals surface area contributed by atoms with Crippen molar-refractivity contribution in [1.29, 1.82) is 0 Å². The van der Waals surface area contributed by atoms with E-state index in [9.17, 15) is 18.0 Å². The molecule has 3 aromatic rings. The van der Waals surface area contributed by atoms with Crippen LogP contribution in [-0.4, -0.2) is 25.3 Å². The minimum Gasteiger partial charge on any atom is -0.337 e. The molecule has 158 valence electrons. The van der Waals surface area contributed by atoms with Crippen LogP contribution in [0.2, 0.25) is 0 Å². The van der Waals surface area contributed by atoms with Crippen molar-refractivity contribution in [1.82, 2.24) is 5.16 Å². The van der Waals surface area contributed by atoms with Crippen molar-refractivity contribution in [2.45, 2.75) is 39.3 Å². The third-order valence-electron chi connectivity index (χ3n) is 3.97. The van der Waals surface area contributed by atoms with Crippen LogP contribution < -0.4 is 10.0 Å². The zero-order valence-corrected chi connectivity index (χ0v) is 17.2. The predicted octanol–water partition coefficient (Wildman–Crippen LogP) is 4.23. The molecule has 10 heteroatoms. The van der Waals surface area contributed by atoms with Crippen molar-refractivity contribution in [3.05, 3.63) is 56.4 Å². The standard InChI is InChI=1S/C20H21N3O5S2/c1-10-8-11(2)17(15(9-10)14(5)24)21-19(25)18-16(6-7-29-18)30(26,27)23-20-12(3)13(4)22-28-20/h6-9,23H,1-5H3,(H,21,25)/i1D3,2D3,3D3. The number of nitrogens with one attached hydrogen (secondary N) is 2. The van der Waals surface area contributed by atoms with E-state index >= 15 is 0 Å². The molecule has 30 heavy (non-hydrogen) atoms. The highest BCUT2D eigenvalue weighted by molar-refractivity contribution is 7.93. The molecule has 0 saturated heterocycles. The third kappa shape index (κ3) is 4.14. The van der Waals surface area contributed by atoms with Gasteiger partial charge in [-0.3, -0.25) is 9.59 Å². The molecule has 0 saturated carbocycles. The van der Waals surface area contributed by atoms with Gasteiger partial charge in [0.1, 0.15) is 9.77 Å². The molecule has 1 aromatic carbocycles. The topological polar surface area (TPSA) is 118 Å². The summed E-state index contributed by atoms with van der Waals surface area (Å²) < 4.78 is 102. The molecular weight excluding hydrogens is 426 g/mol. The molecule has 0 atom stereocenters. The summed E-state index contributed by atoms with van der Waals surface area (Å²) in [5, 5.41) is 6.98. The summed E-state index contributed by atoms with van der Waals surface area (Å²) in [6.07, 6.45) is 0. The van der Waals surface area contributed by atoms with E-state index < -0.39 is 85.9 Å². The van der Waals surface area contributed by atoms with Gasteiger partial charge in [0.2, 0.25) is 5.88 Å². The molecule has 2 heterocycles. The van der Waals surface area contributed by atoms with Crippen molar-refractivity contribution in [3.63, 3.8) is 0 Å². The summed E-state index contributed by atoms with van der Waals surface area (Å²) in [6.45, 7) is -6.15. The van der Waals surface area contributed by atoms with Gasteiger partial charge in [-0.25, -0.2) is 13.1 Å². The number of carbonyl (C=O) groups excluding carboxylic acids is 2. The number of sulfonamides is 1. The Morgan fingerprint density at radius 3 is 2.70 bits per heavy atom. The molecule has 0 fully saturated rings. The van der Waals surface area contributed by atoms with E-state index in [1.54, 1.807) is 0 Å². The number of hydrogen-bond donors (Lipinski definition) is 2. The van der Waals surface area contributed by atoms with Gasteiger partial charge in [-0.1, -0.05) is 11.2 Å². The van der Waals surface area contributed by atoms with Gasteiger partial charge >= 0.3 is 0 Å². The molecule has 0 unspecified atom stereocenters. The van der Waals surface area contributed by atoms with Crippen molar-refractivity contribution >= 4 is 44.6 Å². The number of Topliss-reactive ketones (excluding diaryl/α,β-unsaturated/α-hetero) is 1. The lowest BCUT2D eigenvalue weighted by Crippen LogP contribution is -2.20. The zero-order valence-electron chi connectivity index (χ0n) is 24.6. The number of ketones is 1. The first kappa shape index (κ1) is 12.7. The van der Waals surface area contributed by atoms with Crippen molar-refractivity contribution in [2.24, 2.45) is 0 Å². The number of aryl methyl sites for hydroxylation is 3. The molecule has 3 rings (SSSR count). The SMILES string of the molecule is [2H]C([2H])([2H])c1cc(C(C)=O)c(NC(=O)c2sccc2S(=O)(=O)Nc2onc(C)c2C([2H])([2H])[2H])c(C([2H])([2H])[2H])c1. The van der Waals surface area contributed by atoms with E-state index in [0.717, 1.165) is 25.1 Å². The fourth-order valence-electron chi connectivity index (χ4n) is 2.52. The summed E-state index contributed by atoms with van der Waals surface area (Å²) in [5.41, 5.74) is -2.52. The number of carbonyl (C=O) groups is 2. The number of benzene rings is 1. The first-order chi connectivity index (χ1) is 17.6. The second-order valence-corrected chi connectivity index (χ2v) is 8.72. The molecular formula is C20H21N3O5S2. The van der Waals surface area contributed by atoms with Crippen LogP contribution in [0.3, 0.4) is 0 Å². The highest BCUT2D eigenvalue weighted by atomic mass is 32.2. The monoisotopic (exact) mass is 456 g/mol. The lowest BCUT2D eigenvalue weighted by Gasteiger charge is -2.14. The minimum absolute atomic E-state index is 0.0783. The number of rotatable bonds is 6. The molecule has 2 aromatic heterocycles. The zero-order chi connectivity index (χ0) is 29.7. The maximum atomic E-state index is 13.2. The highest BCUT2D eigenvalue weighted by Crippen LogP contribution is 2.29. The van der Waals surface area contributed by atoms with E-state index in [-0.39, 0.29) is 5.69 Å². The van der Waals surface area contributed by atoms with Crippen LogP contribution in [0.5, 0.6) is 0 Å². The van der Waals surface area contributed by atoms with Gasteiger partial charge in [-0.2, -0.15) is 0 Å². The minimum atomic E-state index is -4.64. The number of thiophene rings is 1. The first-order valence-electron chi connectivity index (χ1n) is 12.7. The normalized spacial score (nSPS) is 17.1. The fraction of sp³-hybridized carbons (Fsp3) is 0.250. The Bertz CT molecular complexity index is 1550. The van der Waals surface area contributed by atoms with Gasteiger partial charge in [0.15, 0.2) is 5.78 Å². The maximum absolute atomic E-state index is 13.2. The summed E-state index contributed by atoms with van der Waals surface area (Å²) in [7, 11) is -4.64. The molecule has 2 N–H and O–H groups in total. The van der Waals surface area contributed by atoms with Crippen LogP contribution in [0.1, 0.15) is 61.7 Å². The quantitative estimate of drug-likeness (QED) is 0.536. The number of anilines is 2. The second-order valence-electron chi connectivity index (χ2n) is 6.15. The van der Waals surface area contributed by atoms with Gasteiger partial charge in [0.05, 0.1) is 11.4 Å². The Balaban J connectivity index is 2.08. The third-order valence-corrected chi connectivity index (χ3v) is 6.39. The number of amides is 1. The van der Waals surface area contributed by atoms with Crippen LogP contribution in [0.4, 0.5) is 11.6 Å². The largest absolute Gasteiger partial charge is 0.337 e. The smallest absolute Gasteiger partial charge is 0.267 e. The number of aromatic nitrogens is 1. The van der Waals surface area contributed by atoms with Crippen LogP contribution in [0, 0.1) is 27.5 Å². The van der Waals surface area contributed by atoms with Gasteiger partial charge in [0.25, 0.3) is 15.9 Å². The summed E-state index contributed by atoms with van der Waals surface area (Å²) >= 11 is 0.660. The molecule has 1 amide bonds. The van der Waals surface area contributed by atoms with E-state index in [4.69, 9.17) is 16.9 Å². The number of nitrogens with zero attached hydrogens (tertiary/aromatic N) is 1. The Morgan fingerprint density at radius 1 is 1.23 bits per heavy atom. The van der Waals surface area contributed by atoms with Crippen LogP contribution in [-0.2, 0) is 10.0 Å². The fourth-order valence-corrected chi connectivity index (χ4v) is 4.84. The van der Waals surface area contributed by atoms with E-state index in [1.165, 1.54) is 12.3 Å². The first-order valence-corrected chi connectivity index (χ1v) is 10.6. The summed E-state index contributed by atoms with van der Waals surface area (Å²) in [4.78, 5) is 24.5. The molecule has 0 bridgehead atoms. The molecule has 0 aliphatic carbocycles. The summed E-state index contributed by atoms with van der Waals surface area (Å²) in [6, 6.07) is 2.82. The Labute approximate surface area is 191 Å². The Kier molecular flexibility index (Phi) is 3.39. The molecule has 0 spiro atoms. The predicted molar refractivity (Wildman–Crippen MR) is 115 cm³/mol. The van der Waals surface area contributed by atoms with Crippen molar-refractivity contribution in [3.8, 4) is 0 Å². The van der Waals surface area contributed by atoms with Gasteiger partial charge < -0.3 is 9.84 Å². The molecule has 0 aliphatic rings. The van der Waals surface area contributed by atoms with Gasteiger partial charge in [-0.15, -0.1) is 11.3 Å². The molecule has 8 nitrogen and oxygen atoms in total. The van der Waals surface area contributed by atoms with E-state index in [2.05, 4.69) is 10.5 Å². The van der Waals surface area contributed by atoms with Crippen molar-refractivity contribution in [2.75, 3.05) is 10.0 Å². The second kappa shape index (κ2) is 8.04. The lowest BCUT2D eigenvalue weighted by atomic mass is 10.0.